The second-order valence-electron chi connectivity index (χ2n) is 10.0. The van der Waals surface area contributed by atoms with Gasteiger partial charge in [0.05, 0.1) is 22.7 Å². The van der Waals surface area contributed by atoms with Crippen molar-refractivity contribution in [2.45, 2.75) is 43.7 Å². The lowest BCUT2D eigenvalue weighted by atomic mass is 10.1. The molecule has 0 saturated carbocycles. The lowest BCUT2D eigenvalue weighted by Crippen LogP contribution is -2.67. The van der Waals surface area contributed by atoms with E-state index in [0.717, 1.165) is 16.0 Å². The van der Waals surface area contributed by atoms with Gasteiger partial charge in [0.25, 0.3) is 8.32 Å². The summed E-state index contributed by atoms with van der Waals surface area (Å²) in [6.07, 6.45) is -0.315. The van der Waals surface area contributed by atoms with Crippen LogP contribution in [0.15, 0.2) is 120 Å². The number of rotatable bonds is 8. The largest absolute Gasteiger partial charge is 0.400 e. The maximum absolute atomic E-state index is 13.6. The SMILES string of the molecule is Cc1ccc([S@@](=O)C[C@@H](O[Si](c2ccccc2)(c2ccccc2)C(C)(C)C)c2ccccc2)cc1. The molecule has 0 bridgehead atoms. The van der Waals surface area contributed by atoms with Crippen LogP contribution in [-0.4, -0.2) is 18.3 Å². The van der Waals surface area contributed by atoms with Crippen molar-refractivity contribution in [2.75, 3.05) is 5.75 Å². The van der Waals surface area contributed by atoms with Gasteiger partial charge in [-0.05, 0) is 40.0 Å². The zero-order chi connectivity index (χ0) is 24.9. The van der Waals surface area contributed by atoms with E-state index in [4.69, 9.17) is 4.43 Å². The third-order valence-electron chi connectivity index (χ3n) is 6.49. The first kappa shape index (κ1) is 25.3. The molecule has 2 atom stereocenters. The Kier molecular flexibility index (Phi) is 7.85. The van der Waals surface area contributed by atoms with Crippen LogP contribution < -0.4 is 10.4 Å². The van der Waals surface area contributed by atoms with Gasteiger partial charge in [0.1, 0.15) is 0 Å². The Morgan fingerprint density at radius 3 is 1.63 bits per heavy atom. The van der Waals surface area contributed by atoms with E-state index in [1.54, 1.807) is 0 Å². The van der Waals surface area contributed by atoms with Gasteiger partial charge in [0.2, 0.25) is 0 Å². The van der Waals surface area contributed by atoms with Crippen LogP contribution in [0.4, 0.5) is 0 Å². The minimum Gasteiger partial charge on any atom is -0.400 e. The second-order valence-corrected chi connectivity index (χ2v) is 15.8. The second kappa shape index (κ2) is 10.9. The predicted octanol–water partition coefficient (Wildman–Crippen LogP) is 6.42. The first-order chi connectivity index (χ1) is 16.8. The van der Waals surface area contributed by atoms with Crippen LogP contribution in [0.5, 0.6) is 0 Å². The molecule has 0 aliphatic rings. The van der Waals surface area contributed by atoms with Crippen molar-refractivity contribution in [1.29, 1.82) is 0 Å². The molecular weight excluding hydrogens is 464 g/mol. The van der Waals surface area contributed by atoms with Crippen LogP contribution in [0.1, 0.15) is 38.0 Å². The van der Waals surface area contributed by atoms with Gasteiger partial charge in [-0.3, -0.25) is 4.21 Å². The quantitative estimate of drug-likeness (QED) is 0.262. The molecular formula is C31H34O2SSi. The fourth-order valence-corrected chi connectivity index (χ4v) is 10.6. The third-order valence-corrected chi connectivity index (χ3v) is 12.9. The minimum absolute atomic E-state index is 0.159. The van der Waals surface area contributed by atoms with E-state index >= 15 is 0 Å². The molecule has 35 heavy (non-hydrogen) atoms. The molecule has 4 rings (SSSR count). The Bertz CT molecular complexity index is 1190. The third kappa shape index (κ3) is 5.56. The van der Waals surface area contributed by atoms with Crippen molar-refractivity contribution in [1.82, 2.24) is 0 Å². The van der Waals surface area contributed by atoms with E-state index in [1.807, 2.05) is 49.4 Å². The van der Waals surface area contributed by atoms with Gasteiger partial charge in [-0.1, -0.05) is 129 Å². The molecule has 0 unspecified atom stereocenters. The monoisotopic (exact) mass is 498 g/mol. The van der Waals surface area contributed by atoms with Gasteiger partial charge < -0.3 is 4.43 Å². The molecule has 0 N–H and O–H groups in total. The topological polar surface area (TPSA) is 26.3 Å². The maximum atomic E-state index is 13.6. The Morgan fingerprint density at radius 1 is 0.714 bits per heavy atom. The number of benzene rings is 4. The fourth-order valence-electron chi connectivity index (χ4n) is 4.69. The van der Waals surface area contributed by atoms with E-state index in [0.29, 0.717) is 5.75 Å². The molecule has 4 heteroatoms. The summed E-state index contributed by atoms with van der Waals surface area (Å²) in [6, 6.07) is 39.5. The maximum Gasteiger partial charge on any atom is 0.261 e. The van der Waals surface area contributed by atoms with Crippen LogP contribution in [0.2, 0.25) is 5.04 Å². The number of hydrogen-bond acceptors (Lipinski definition) is 2. The molecule has 4 aromatic carbocycles. The Hall–Kier alpha value is -2.79. The highest BCUT2D eigenvalue weighted by Crippen LogP contribution is 2.40. The van der Waals surface area contributed by atoms with Crippen molar-refractivity contribution in [2.24, 2.45) is 0 Å². The van der Waals surface area contributed by atoms with Crippen molar-refractivity contribution < 1.29 is 8.63 Å². The van der Waals surface area contributed by atoms with Gasteiger partial charge in [-0.2, -0.15) is 0 Å². The fraction of sp³-hybridized carbons (Fsp3) is 0.226. The van der Waals surface area contributed by atoms with Gasteiger partial charge in [-0.15, -0.1) is 0 Å². The van der Waals surface area contributed by atoms with Gasteiger partial charge in [0, 0.05) is 4.90 Å². The van der Waals surface area contributed by atoms with E-state index < -0.39 is 19.1 Å². The van der Waals surface area contributed by atoms with Crippen LogP contribution in [0.25, 0.3) is 0 Å². The van der Waals surface area contributed by atoms with Crippen molar-refractivity contribution in [3.8, 4) is 0 Å². The zero-order valence-corrected chi connectivity index (χ0v) is 22.8. The lowest BCUT2D eigenvalue weighted by Gasteiger charge is -2.45. The van der Waals surface area contributed by atoms with Crippen LogP contribution >= 0.6 is 0 Å². The Labute approximate surface area is 213 Å². The van der Waals surface area contributed by atoms with Crippen LogP contribution in [-0.2, 0) is 15.2 Å². The van der Waals surface area contributed by atoms with E-state index in [2.05, 4.69) is 93.6 Å². The molecule has 0 amide bonds. The summed E-state index contributed by atoms with van der Waals surface area (Å²) in [4.78, 5) is 0.836. The van der Waals surface area contributed by atoms with E-state index in [1.165, 1.54) is 10.4 Å². The summed E-state index contributed by atoms with van der Waals surface area (Å²) in [7, 11) is -4.01. The summed E-state index contributed by atoms with van der Waals surface area (Å²) >= 11 is 0. The molecule has 2 nitrogen and oxygen atoms in total. The highest BCUT2D eigenvalue weighted by atomic mass is 32.2. The summed E-state index contributed by atoms with van der Waals surface area (Å²) in [5.74, 6) is 0.400. The highest BCUT2D eigenvalue weighted by molar-refractivity contribution is 7.85. The molecule has 0 spiro atoms. The molecule has 0 fully saturated rings. The zero-order valence-electron chi connectivity index (χ0n) is 21.0. The number of aryl methyl sites for hydroxylation is 1. The first-order valence-electron chi connectivity index (χ1n) is 12.1. The van der Waals surface area contributed by atoms with Crippen molar-refractivity contribution in [3.63, 3.8) is 0 Å². The predicted molar refractivity (Wildman–Crippen MR) is 150 cm³/mol. The summed E-state index contributed by atoms with van der Waals surface area (Å²) in [5.41, 5.74) is 2.22. The molecule has 0 radical (unpaired) electrons. The molecule has 0 aliphatic heterocycles. The van der Waals surface area contributed by atoms with Crippen LogP contribution in [0.3, 0.4) is 0 Å². The first-order valence-corrected chi connectivity index (χ1v) is 15.3. The molecule has 0 aliphatic carbocycles. The Morgan fingerprint density at radius 2 is 1.17 bits per heavy atom. The minimum atomic E-state index is -2.81. The van der Waals surface area contributed by atoms with Gasteiger partial charge in [0.15, 0.2) is 0 Å². The molecule has 0 aromatic heterocycles. The molecule has 180 valence electrons. The van der Waals surface area contributed by atoms with Crippen molar-refractivity contribution in [3.05, 3.63) is 126 Å². The van der Waals surface area contributed by atoms with E-state index in [9.17, 15) is 4.21 Å². The standard InChI is InChI=1S/C31H34O2SSi/c1-25-20-22-27(23-21-25)34(32)24-30(26-14-8-5-9-15-26)33-35(31(2,3)4,28-16-10-6-11-17-28)29-18-12-7-13-19-29/h5-23,30H,24H2,1-4H3/t30-,34+/m1/s1. The molecule has 0 saturated heterocycles. The number of hydrogen-bond donors (Lipinski definition) is 0. The van der Waals surface area contributed by atoms with Gasteiger partial charge in [-0.25, -0.2) is 0 Å². The smallest absolute Gasteiger partial charge is 0.261 e. The lowest BCUT2D eigenvalue weighted by molar-refractivity contribution is 0.214. The average Bonchev–Trinajstić information content (AvgIpc) is 2.87. The van der Waals surface area contributed by atoms with Crippen molar-refractivity contribution >= 4 is 29.5 Å². The summed E-state index contributed by atoms with van der Waals surface area (Å²) in [6.45, 7) is 8.88. The van der Waals surface area contributed by atoms with Crippen LogP contribution in [0, 0.1) is 6.92 Å². The molecule has 4 aromatic rings. The summed E-state index contributed by atoms with van der Waals surface area (Å²) in [5, 5.41) is 2.29. The van der Waals surface area contributed by atoms with E-state index in [-0.39, 0.29) is 11.1 Å². The Balaban J connectivity index is 1.85. The average molecular weight is 499 g/mol. The highest BCUT2D eigenvalue weighted by Gasteiger charge is 2.51. The summed E-state index contributed by atoms with van der Waals surface area (Å²) < 4.78 is 21.0. The molecule has 0 heterocycles. The van der Waals surface area contributed by atoms with Gasteiger partial charge >= 0.3 is 0 Å². The normalized spacial score (nSPS) is 13.8.